The molecule has 3 aliphatic rings. The number of hydrogen-bond acceptors (Lipinski definition) is 11. The number of aliphatic hydroxyl groups excluding tert-OH is 1. The summed E-state index contributed by atoms with van der Waals surface area (Å²) in [5, 5.41) is 16.5. The molecule has 4 N–H and O–H groups in total. The van der Waals surface area contributed by atoms with Gasteiger partial charge in [0.15, 0.2) is 0 Å². The van der Waals surface area contributed by atoms with Crippen LogP contribution in [0.3, 0.4) is 0 Å². The SMILES string of the molecule is C=CC1C[C@]1(NC(=O)[C@@H]1C[C@@H](Oc2nccc3cc(OC)ccc23)CN1C(=O)[C@@H](NC(=O)OC(C)(C)C)[C@@H](C)O)C(=O)NS(=O)(=O)C1CC1. The van der Waals surface area contributed by atoms with Crippen LogP contribution in [0.1, 0.15) is 53.4 Å². The number of ether oxygens (including phenoxy) is 3. The van der Waals surface area contributed by atoms with Gasteiger partial charge in [0.25, 0.3) is 5.91 Å². The van der Waals surface area contributed by atoms with Gasteiger partial charge in [-0.3, -0.25) is 19.1 Å². The number of nitrogens with one attached hydrogen (secondary N) is 3. The zero-order chi connectivity index (χ0) is 35.9. The highest BCUT2D eigenvalue weighted by Crippen LogP contribution is 2.45. The molecule has 49 heavy (non-hydrogen) atoms. The smallest absolute Gasteiger partial charge is 0.408 e. The van der Waals surface area contributed by atoms with E-state index < -0.39 is 80.4 Å². The van der Waals surface area contributed by atoms with Crippen molar-refractivity contribution in [1.29, 1.82) is 0 Å². The molecular weight excluding hydrogens is 658 g/mol. The highest BCUT2D eigenvalue weighted by atomic mass is 32.2. The lowest BCUT2D eigenvalue weighted by Crippen LogP contribution is -2.60. The molecule has 6 atom stereocenters. The second-order valence-electron chi connectivity index (χ2n) is 13.7. The number of rotatable bonds is 12. The van der Waals surface area contributed by atoms with Crippen molar-refractivity contribution in [2.75, 3.05) is 13.7 Å². The summed E-state index contributed by atoms with van der Waals surface area (Å²) in [7, 11) is -2.37. The predicted molar refractivity (Wildman–Crippen MR) is 177 cm³/mol. The molecule has 1 aliphatic heterocycles. The summed E-state index contributed by atoms with van der Waals surface area (Å²) in [6.07, 6.45) is 0.812. The van der Waals surface area contributed by atoms with E-state index in [0.717, 1.165) is 5.39 Å². The second kappa shape index (κ2) is 13.5. The number of likely N-dealkylation sites (tertiary alicyclic amines) is 1. The number of methoxy groups -OCH3 is 1. The van der Waals surface area contributed by atoms with Crippen LogP contribution in [0.2, 0.25) is 0 Å². The fraction of sp³-hybridized carbons (Fsp3) is 0.545. The quantitative estimate of drug-likeness (QED) is 0.234. The first-order chi connectivity index (χ1) is 23.0. The third-order valence-electron chi connectivity index (χ3n) is 8.73. The molecule has 5 rings (SSSR count). The first-order valence-corrected chi connectivity index (χ1v) is 17.6. The molecule has 2 aliphatic carbocycles. The number of carbonyl (C=O) groups is 4. The van der Waals surface area contributed by atoms with Crippen LogP contribution in [0, 0.1) is 5.92 Å². The van der Waals surface area contributed by atoms with Gasteiger partial charge in [-0.2, -0.15) is 0 Å². The number of hydrogen-bond donors (Lipinski definition) is 4. The van der Waals surface area contributed by atoms with Crippen molar-refractivity contribution in [3.8, 4) is 11.6 Å². The Hall–Kier alpha value is -4.44. The van der Waals surface area contributed by atoms with Gasteiger partial charge in [-0.25, -0.2) is 18.2 Å². The zero-order valence-corrected chi connectivity index (χ0v) is 28.9. The maximum absolute atomic E-state index is 14.0. The van der Waals surface area contributed by atoms with Gasteiger partial charge in [0.1, 0.15) is 35.1 Å². The molecule has 1 aromatic heterocycles. The average Bonchev–Trinajstić information content (AvgIpc) is 3.95. The van der Waals surface area contributed by atoms with E-state index in [1.54, 1.807) is 58.3 Å². The summed E-state index contributed by atoms with van der Waals surface area (Å²) in [6.45, 7) is 9.81. The third-order valence-corrected chi connectivity index (χ3v) is 10.6. The van der Waals surface area contributed by atoms with E-state index in [-0.39, 0.29) is 25.3 Å². The standard InChI is InChI=1S/C33H43N5O10S/c1-7-20-16-33(20,30(42)37-49(44,45)23-9-10-23)36-27(40)25-15-22(47-28-24-11-8-21(46-6)14-19(24)12-13-34-28)17-38(25)29(41)26(18(2)39)35-31(43)48-32(3,4)5/h7-8,11-14,18,20,22-23,25-26,39H,1,9-10,15-17H2,2-6H3,(H,35,43)(H,36,40)(H,37,42)/t18-,20?,22-,25+,26+,33-/m1/s1. The molecule has 15 nitrogen and oxygen atoms in total. The predicted octanol–water partition coefficient (Wildman–Crippen LogP) is 1.54. The summed E-state index contributed by atoms with van der Waals surface area (Å²) >= 11 is 0. The van der Waals surface area contributed by atoms with E-state index in [2.05, 4.69) is 26.9 Å². The number of aliphatic hydroxyl groups is 1. The number of carbonyl (C=O) groups excluding carboxylic acids is 4. The van der Waals surface area contributed by atoms with Crippen molar-refractivity contribution in [3.63, 3.8) is 0 Å². The first-order valence-electron chi connectivity index (χ1n) is 16.1. The second-order valence-corrected chi connectivity index (χ2v) is 15.7. The molecule has 0 spiro atoms. The number of fused-ring (bicyclic) bond motifs is 1. The highest BCUT2D eigenvalue weighted by molar-refractivity contribution is 7.91. The number of pyridine rings is 1. The molecular formula is C33H43N5O10S. The Kier molecular flexibility index (Phi) is 9.85. The Morgan fingerprint density at radius 1 is 1.18 bits per heavy atom. The summed E-state index contributed by atoms with van der Waals surface area (Å²) in [5.41, 5.74) is -2.49. The molecule has 0 radical (unpaired) electrons. The zero-order valence-electron chi connectivity index (χ0n) is 28.1. The number of benzene rings is 1. The van der Waals surface area contributed by atoms with Crippen molar-refractivity contribution in [3.05, 3.63) is 43.1 Å². The van der Waals surface area contributed by atoms with Crippen LogP contribution >= 0.6 is 0 Å². The first kappa shape index (κ1) is 35.9. The molecule has 4 amide bonds. The minimum Gasteiger partial charge on any atom is -0.497 e. The molecule has 266 valence electrons. The molecule has 2 aromatic rings. The van der Waals surface area contributed by atoms with Crippen molar-refractivity contribution < 1.29 is 46.9 Å². The molecule has 1 aromatic carbocycles. The number of aromatic nitrogens is 1. The third kappa shape index (κ3) is 7.90. The van der Waals surface area contributed by atoms with Crippen LogP contribution in [0.5, 0.6) is 11.6 Å². The maximum Gasteiger partial charge on any atom is 0.408 e. The van der Waals surface area contributed by atoms with Crippen molar-refractivity contribution in [2.45, 2.75) is 94.1 Å². The lowest BCUT2D eigenvalue weighted by Gasteiger charge is -2.31. The van der Waals surface area contributed by atoms with E-state index in [1.165, 1.54) is 17.9 Å². The summed E-state index contributed by atoms with van der Waals surface area (Å²) < 4.78 is 44.2. The minimum atomic E-state index is -3.92. The van der Waals surface area contributed by atoms with E-state index >= 15 is 0 Å². The van der Waals surface area contributed by atoms with E-state index in [4.69, 9.17) is 14.2 Å². The van der Waals surface area contributed by atoms with Crippen LogP contribution in [0.15, 0.2) is 43.1 Å². The van der Waals surface area contributed by atoms with Crippen molar-refractivity contribution >= 4 is 44.6 Å². The van der Waals surface area contributed by atoms with Crippen LogP contribution in [0.25, 0.3) is 10.8 Å². The fourth-order valence-corrected chi connectivity index (χ4v) is 7.27. The fourth-order valence-electron chi connectivity index (χ4n) is 5.90. The van der Waals surface area contributed by atoms with Gasteiger partial charge in [-0.15, -0.1) is 6.58 Å². The Morgan fingerprint density at radius 2 is 1.90 bits per heavy atom. The molecule has 1 saturated heterocycles. The van der Waals surface area contributed by atoms with E-state index in [1.807, 2.05) is 0 Å². The maximum atomic E-state index is 14.0. The van der Waals surface area contributed by atoms with Gasteiger partial charge >= 0.3 is 6.09 Å². The lowest BCUT2D eigenvalue weighted by atomic mass is 10.1. The van der Waals surface area contributed by atoms with Crippen molar-refractivity contribution in [2.24, 2.45) is 5.92 Å². The van der Waals surface area contributed by atoms with Gasteiger partial charge < -0.3 is 34.9 Å². The summed E-state index contributed by atoms with van der Waals surface area (Å²) in [4.78, 5) is 59.6. The number of sulfonamides is 1. The largest absolute Gasteiger partial charge is 0.497 e. The van der Waals surface area contributed by atoms with E-state index in [9.17, 15) is 32.7 Å². The van der Waals surface area contributed by atoms with Crippen molar-refractivity contribution in [1.82, 2.24) is 25.2 Å². The molecule has 16 heteroatoms. The number of alkyl carbamates (subject to hydrolysis) is 1. The molecule has 2 heterocycles. The van der Waals surface area contributed by atoms with Gasteiger partial charge in [0, 0.05) is 23.9 Å². The molecule has 2 saturated carbocycles. The van der Waals surface area contributed by atoms with Gasteiger partial charge in [0.05, 0.1) is 25.0 Å². The van der Waals surface area contributed by atoms with Crippen LogP contribution in [-0.2, 0) is 29.1 Å². The monoisotopic (exact) mass is 701 g/mol. The minimum absolute atomic E-state index is 0.0540. The van der Waals surface area contributed by atoms with Crippen LogP contribution in [-0.4, -0.2) is 102 Å². The Morgan fingerprint density at radius 3 is 2.49 bits per heavy atom. The number of amides is 4. The summed E-state index contributed by atoms with van der Waals surface area (Å²) in [6, 6.07) is 4.35. The van der Waals surface area contributed by atoms with E-state index in [0.29, 0.717) is 24.0 Å². The topological polar surface area (TPSA) is 203 Å². The van der Waals surface area contributed by atoms with Gasteiger partial charge in [-0.05, 0) is 76.6 Å². The Labute approximate surface area is 284 Å². The Balaban J connectivity index is 1.42. The number of nitrogens with zero attached hydrogens (tertiary/aromatic N) is 2. The van der Waals surface area contributed by atoms with Gasteiger partial charge in [-0.1, -0.05) is 6.08 Å². The normalized spacial score (nSPS) is 24.7. The highest BCUT2D eigenvalue weighted by Gasteiger charge is 2.62. The summed E-state index contributed by atoms with van der Waals surface area (Å²) in [5.74, 6) is -2.12. The average molecular weight is 702 g/mol. The van der Waals surface area contributed by atoms with Crippen LogP contribution in [0.4, 0.5) is 4.79 Å². The van der Waals surface area contributed by atoms with Gasteiger partial charge in [0.2, 0.25) is 27.7 Å². The molecule has 3 fully saturated rings. The molecule has 0 bridgehead atoms. The Bertz CT molecular complexity index is 1760. The van der Waals surface area contributed by atoms with Crippen LogP contribution < -0.4 is 24.8 Å². The molecule has 1 unspecified atom stereocenters. The lowest BCUT2D eigenvalue weighted by molar-refractivity contribution is -0.142.